The summed E-state index contributed by atoms with van der Waals surface area (Å²) in [6.07, 6.45) is 2.48. The summed E-state index contributed by atoms with van der Waals surface area (Å²) in [6, 6.07) is 14.8. The average molecular weight is 344 g/mol. The van der Waals surface area contributed by atoms with E-state index in [-0.39, 0.29) is 10.7 Å². The van der Waals surface area contributed by atoms with Crippen LogP contribution in [0.25, 0.3) is 0 Å². The van der Waals surface area contributed by atoms with Gasteiger partial charge in [0.25, 0.3) is 0 Å². The zero-order valence-electron chi connectivity index (χ0n) is 12.0. The molecule has 1 heterocycles. The van der Waals surface area contributed by atoms with Crippen molar-refractivity contribution in [3.63, 3.8) is 0 Å². The van der Waals surface area contributed by atoms with E-state index >= 15 is 0 Å². The van der Waals surface area contributed by atoms with Gasteiger partial charge in [-0.2, -0.15) is 0 Å². The van der Waals surface area contributed by atoms with E-state index in [4.69, 9.17) is 0 Å². The third-order valence-electron chi connectivity index (χ3n) is 4.01. The van der Waals surface area contributed by atoms with E-state index in [1.807, 2.05) is 6.07 Å². The molecule has 0 radical (unpaired) electrons. The Hall–Kier alpha value is -1.61. The number of amides is 1. The Balaban J connectivity index is 1.95. The number of nitrogens with one attached hydrogen (secondary N) is 1. The number of rotatable bonds is 2. The molecular formula is C18H18BrNO. The number of halogens is 1. The standard InChI is InChI=1S/C18H18BrNO/c1-12-5-2-3-7-15(12)18(19)14-9-10-16-13(11-14)6-4-8-17(21)20-16/h2-3,5,7,9-11,18H,4,6,8H2,1H3,(H,20,21). The van der Waals surface area contributed by atoms with Gasteiger partial charge in [0.15, 0.2) is 0 Å². The molecule has 108 valence electrons. The van der Waals surface area contributed by atoms with Crippen LogP contribution in [0.1, 0.15) is 39.9 Å². The maximum atomic E-state index is 11.6. The predicted octanol–water partition coefficient (Wildman–Crippen LogP) is 4.75. The van der Waals surface area contributed by atoms with E-state index in [0.29, 0.717) is 6.42 Å². The first-order valence-electron chi connectivity index (χ1n) is 7.27. The van der Waals surface area contributed by atoms with Crippen LogP contribution in [0.2, 0.25) is 0 Å². The molecule has 0 aromatic heterocycles. The second-order valence-electron chi connectivity index (χ2n) is 5.54. The molecule has 1 unspecified atom stereocenters. The fraction of sp³-hybridized carbons (Fsp3) is 0.278. The van der Waals surface area contributed by atoms with Gasteiger partial charge >= 0.3 is 0 Å². The molecule has 0 spiro atoms. The summed E-state index contributed by atoms with van der Waals surface area (Å²) in [5.41, 5.74) is 6.00. The quantitative estimate of drug-likeness (QED) is 0.783. The Kier molecular flexibility index (Phi) is 4.11. The first-order valence-corrected chi connectivity index (χ1v) is 8.19. The second-order valence-corrected chi connectivity index (χ2v) is 6.45. The number of fused-ring (bicyclic) bond motifs is 1. The van der Waals surface area contributed by atoms with Crippen LogP contribution in [0.3, 0.4) is 0 Å². The molecule has 0 fully saturated rings. The van der Waals surface area contributed by atoms with Gasteiger partial charge in [-0.15, -0.1) is 0 Å². The molecule has 1 N–H and O–H groups in total. The van der Waals surface area contributed by atoms with Gasteiger partial charge in [-0.25, -0.2) is 0 Å². The minimum atomic E-state index is 0.121. The third-order valence-corrected chi connectivity index (χ3v) is 5.03. The van der Waals surface area contributed by atoms with Gasteiger partial charge in [-0.05, 0) is 48.1 Å². The molecule has 1 aliphatic heterocycles. The number of alkyl halides is 1. The first-order chi connectivity index (χ1) is 10.1. The van der Waals surface area contributed by atoms with Gasteiger partial charge in [0.05, 0.1) is 4.83 Å². The lowest BCUT2D eigenvalue weighted by Gasteiger charge is -2.16. The molecule has 2 aromatic rings. The molecule has 0 aliphatic carbocycles. The summed E-state index contributed by atoms with van der Waals surface area (Å²) in [5, 5.41) is 2.99. The minimum absolute atomic E-state index is 0.121. The second kappa shape index (κ2) is 6.02. The number of benzene rings is 2. The molecular weight excluding hydrogens is 326 g/mol. The van der Waals surface area contributed by atoms with Crippen LogP contribution < -0.4 is 5.32 Å². The molecule has 21 heavy (non-hydrogen) atoms. The average Bonchev–Trinajstić information content (AvgIpc) is 2.67. The Morgan fingerprint density at radius 1 is 1.14 bits per heavy atom. The molecule has 1 aliphatic rings. The van der Waals surface area contributed by atoms with Crippen LogP contribution in [0.4, 0.5) is 5.69 Å². The molecule has 3 heteroatoms. The van der Waals surface area contributed by atoms with Gasteiger partial charge in [0.2, 0.25) is 5.91 Å². The molecule has 2 nitrogen and oxygen atoms in total. The Morgan fingerprint density at radius 3 is 2.76 bits per heavy atom. The Bertz CT molecular complexity index is 681. The zero-order chi connectivity index (χ0) is 14.8. The topological polar surface area (TPSA) is 29.1 Å². The summed E-state index contributed by atoms with van der Waals surface area (Å²) < 4.78 is 0. The van der Waals surface area contributed by atoms with E-state index < -0.39 is 0 Å². The summed E-state index contributed by atoms with van der Waals surface area (Å²) in [6.45, 7) is 2.13. The number of aryl methyl sites for hydroxylation is 2. The zero-order valence-corrected chi connectivity index (χ0v) is 13.6. The maximum absolute atomic E-state index is 11.6. The van der Waals surface area contributed by atoms with Crippen molar-refractivity contribution in [3.8, 4) is 0 Å². The molecule has 0 saturated carbocycles. The minimum Gasteiger partial charge on any atom is -0.326 e. The number of anilines is 1. The van der Waals surface area contributed by atoms with Crippen molar-refractivity contribution < 1.29 is 4.79 Å². The molecule has 0 bridgehead atoms. The van der Waals surface area contributed by atoms with E-state index in [1.54, 1.807) is 0 Å². The molecule has 1 atom stereocenters. The summed E-state index contributed by atoms with van der Waals surface area (Å²) in [7, 11) is 0. The molecule has 0 saturated heterocycles. The lowest BCUT2D eigenvalue weighted by atomic mass is 9.97. The number of carbonyl (C=O) groups excluding carboxylic acids is 1. The molecule has 2 aromatic carbocycles. The molecule has 3 rings (SSSR count). The summed E-state index contributed by atoms with van der Waals surface area (Å²) in [4.78, 5) is 11.8. The highest BCUT2D eigenvalue weighted by Gasteiger charge is 2.17. The third kappa shape index (κ3) is 3.03. The fourth-order valence-corrected chi connectivity index (χ4v) is 3.60. The van der Waals surface area contributed by atoms with Crippen molar-refractivity contribution in [3.05, 3.63) is 64.7 Å². The Labute approximate surface area is 133 Å². The largest absolute Gasteiger partial charge is 0.326 e. The summed E-state index contributed by atoms with van der Waals surface area (Å²) in [5.74, 6) is 0.121. The van der Waals surface area contributed by atoms with Crippen molar-refractivity contribution >= 4 is 27.5 Å². The van der Waals surface area contributed by atoms with Crippen molar-refractivity contribution in [1.29, 1.82) is 0 Å². The van der Waals surface area contributed by atoms with Crippen LogP contribution in [0, 0.1) is 6.92 Å². The van der Waals surface area contributed by atoms with Gasteiger partial charge in [0, 0.05) is 12.1 Å². The van der Waals surface area contributed by atoms with Gasteiger partial charge in [0.1, 0.15) is 0 Å². The monoisotopic (exact) mass is 343 g/mol. The van der Waals surface area contributed by atoms with Gasteiger partial charge in [-0.1, -0.05) is 52.3 Å². The smallest absolute Gasteiger partial charge is 0.224 e. The number of hydrogen-bond acceptors (Lipinski definition) is 1. The van der Waals surface area contributed by atoms with E-state index in [2.05, 4.69) is 64.6 Å². The van der Waals surface area contributed by atoms with Crippen LogP contribution in [-0.2, 0) is 11.2 Å². The van der Waals surface area contributed by atoms with Crippen molar-refractivity contribution in [2.45, 2.75) is 31.0 Å². The number of hydrogen-bond donors (Lipinski definition) is 1. The SMILES string of the molecule is Cc1ccccc1C(Br)c1ccc2c(c1)CCCC(=O)N2. The van der Waals surface area contributed by atoms with Crippen LogP contribution in [0.15, 0.2) is 42.5 Å². The first kappa shape index (κ1) is 14.3. The number of carbonyl (C=O) groups is 1. The summed E-state index contributed by atoms with van der Waals surface area (Å²) >= 11 is 3.82. The predicted molar refractivity (Wildman–Crippen MR) is 90.0 cm³/mol. The lowest BCUT2D eigenvalue weighted by molar-refractivity contribution is -0.116. The highest BCUT2D eigenvalue weighted by atomic mass is 79.9. The fourth-order valence-electron chi connectivity index (χ4n) is 2.80. The normalized spacial score (nSPS) is 15.8. The van der Waals surface area contributed by atoms with Crippen LogP contribution in [0.5, 0.6) is 0 Å². The van der Waals surface area contributed by atoms with Crippen LogP contribution in [-0.4, -0.2) is 5.91 Å². The van der Waals surface area contributed by atoms with Gasteiger partial charge in [-0.3, -0.25) is 4.79 Å². The van der Waals surface area contributed by atoms with E-state index in [9.17, 15) is 4.79 Å². The van der Waals surface area contributed by atoms with Crippen molar-refractivity contribution in [2.75, 3.05) is 5.32 Å². The maximum Gasteiger partial charge on any atom is 0.224 e. The lowest BCUT2D eigenvalue weighted by Crippen LogP contribution is -2.09. The highest BCUT2D eigenvalue weighted by Crippen LogP contribution is 2.35. The van der Waals surface area contributed by atoms with Crippen LogP contribution >= 0.6 is 15.9 Å². The highest BCUT2D eigenvalue weighted by molar-refractivity contribution is 9.09. The van der Waals surface area contributed by atoms with E-state index in [0.717, 1.165) is 18.5 Å². The molecule has 1 amide bonds. The van der Waals surface area contributed by atoms with Crippen molar-refractivity contribution in [2.24, 2.45) is 0 Å². The van der Waals surface area contributed by atoms with E-state index in [1.165, 1.54) is 22.3 Å². The Morgan fingerprint density at radius 2 is 1.95 bits per heavy atom. The van der Waals surface area contributed by atoms with Crippen molar-refractivity contribution in [1.82, 2.24) is 0 Å². The van der Waals surface area contributed by atoms with Gasteiger partial charge < -0.3 is 5.32 Å².